The van der Waals surface area contributed by atoms with Crippen LogP contribution in [0.4, 0.5) is 0 Å². The summed E-state index contributed by atoms with van der Waals surface area (Å²) >= 11 is 0. The van der Waals surface area contributed by atoms with Gasteiger partial charge in [-0.25, -0.2) is 0 Å². The number of aromatic nitrogens is 1. The molecule has 0 saturated carbocycles. The molecule has 0 atom stereocenters. The van der Waals surface area contributed by atoms with E-state index < -0.39 is 5.79 Å². The maximum absolute atomic E-state index is 5.82. The zero-order valence-corrected chi connectivity index (χ0v) is 10.9. The molecule has 1 aromatic carbocycles. The van der Waals surface area contributed by atoms with Crippen LogP contribution >= 0.6 is 0 Å². The van der Waals surface area contributed by atoms with Crippen LogP contribution in [0.1, 0.15) is 13.8 Å². The van der Waals surface area contributed by atoms with Crippen molar-refractivity contribution in [2.24, 2.45) is 0 Å². The molecule has 0 fully saturated rings. The Morgan fingerprint density at radius 3 is 2.58 bits per heavy atom. The van der Waals surface area contributed by atoms with E-state index in [1.807, 2.05) is 38.2 Å². The Kier molecular flexibility index (Phi) is 1.89. The van der Waals surface area contributed by atoms with Crippen molar-refractivity contribution in [1.29, 1.82) is 0 Å². The Morgan fingerprint density at radius 2 is 1.74 bits per heavy atom. The summed E-state index contributed by atoms with van der Waals surface area (Å²) in [7, 11) is 0. The maximum Gasteiger partial charge on any atom is 0.246 e. The molecule has 0 N–H and O–H groups in total. The smallest absolute Gasteiger partial charge is 0.246 e. The second-order valence-corrected chi connectivity index (χ2v) is 5.30. The Morgan fingerprint density at radius 1 is 0.947 bits per heavy atom. The summed E-state index contributed by atoms with van der Waals surface area (Å²) in [4.78, 5) is 0. The van der Waals surface area contributed by atoms with E-state index >= 15 is 0 Å². The quantitative estimate of drug-likeness (QED) is 0.453. The molecule has 0 saturated heterocycles. The van der Waals surface area contributed by atoms with E-state index in [1.165, 1.54) is 5.39 Å². The molecule has 19 heavy (non-hydrogen) atoms. The molecule has 1 aliphatic rings. The highest BCUT2D eigenvalue weighted by Crippen LogP contribution is 2.42. The number of benzene rings is 1. The van der Waals surface area contributed by atoms with E-state index in [9.17, 15) is 0 Å². The summed E-state index contributed by atoms with van der Waals surface area (Å²) in [5.41, 5.74) is 1.16. The monoisotopic (exact) mass is 252 g/mol. The molecule has 3 aromatic rings. The first-order valence-electron chi connectivity index (χ1n) is 6.37. The third kappa shape index (κ3) is 1.55. The number of rotatable bonds is 0. The highest BCUT2D eigenvalue weighted by atomic mass is 16.7. The van der Waals surface area contributed by atoms with Crippen LogP contribution in [0.3, 0.4) is 0 Å². The van der Waals surface area contributed by atoms with Crippen LogP contribution in [0.15, 0.2) is 48.8 Å². The summed E-state index contributed by atoms with van der Waals surface area (Å²) < 4.78 is 13.7. The molecular weight excluding hydrogens is 238 g/mol. The number of nitrogens with zero attached hydrogens (tertiary/aromatic N) is 1. The van der Waals surface area contributed by atoms with Gasteiger partial charge >= 0.3 is 0 Å². The van der Waals surface area contributed by atoms with Gasteiger partial charge in [-0.3, -0.25) is 0 Å². The Bertz CT molecular complexity index is 808. The van der Waals surface area contributed by atoms with Crippen molar-refractivity contribution in [2.75, 3.05) is 0 Å². The van der Waals surface area contributed by atoms with Crippen molar-refractivity contribution < 1.29 is 13.9 Å². The van der Waals surface area contributed by atoms with Crippen molar-refractivity contribution >= 4 is 16.3 Å². The van der Waals surface area contributed by atoms with E-state index in [1.54, 1.807) is 0 Å². The van der Waals surface area contributed by atoms with Crippen LogP contribution in [0.5, 0.6) is 11.5 Å². The lowest BCUT2D eigenvalue weighted by Gasteiger charge is -2.16. The Balaban J connectivity index is 2.07. The lowest BCUT2D eigenvalue weighted by Crippen LogP contribution is -2.29. The van der Waals surface area contributed by atoms with Crippen LogP contribution in [0.2, 0.25) is 0 Å². The van der Waals surface area contributed by atoms with Crippen LogP contribution in [-0.4, -0.2) is 5.79 Å². The van der Waals surface area contributed by atoms with Gasteiger partial charge in [-0.2, -0.15) is 4.40 Å². The summed E-state index contributed by atoms with van der Waals surface area (Å²) in [6.07, 6.45) is 4.11. The topological polar surface area (TPSA) is 22.6 Å². The number of fused-ring (bicyclic) bond motifs is 4. The molecule has 1 aliphatic heterocycles. The van der Waals surface area contributed by atoms with Gasteiger partial charge in [0.05, 0.1) is 5.39 Å². The van der Waals surface area contributed by atoms with Gasteiger partial charge in [-0.05, 0) is 23.6 Å². The van der Waals surface area contributed by atoms with Gasteiger partial charge in [0.1, 0.15) is 0 Å². The van der Waals surface area contributed by atoms with Gasteiger partial charge in [-0.1, -0.05) is 0 Å². The lowest BCUT2D eigenvalue weighted by molar-refractivity contribution is -0.510. The predicted octanol–water partition coefficient (Wildman–Crippen LogP) is 3.09. The molecule has 94 valence electrons. The van der Waals surface area contributed by atoms with Gasteiger partial charge in [0, 0.05) is 32.0 Å². The minimum absolute atomic E-state index is 0.581. The summed E-state index contributed by atoms with van der Waals surface area (Å²) in [6.45, 7) is 3.84. The zero-order valence-electron chi connectivity index (χ0n) is 10.9. The van der Waals surface area contributed by atoms with E-state index in [2.05, 4.69) is 28.8 Å². The standard InChI is InChI=1S/C16H14NO2/c1-16(2)18-14-9-11-6-8-17-7-4-3-5-13(17)12(11)10-15(14)19-16/h3-10H,1-2H3/q+1. The fourth-order valence-corrected chi connectivity index (χ4v) is 2.62. The first-order chi connectivity index (χ1) is 9.12. The molecule has 3 nitrogen and oxygen atoms in total. The lowest BCUT2D eigenvalue weighted by atomic mass is 10.1. The molecule has 2 aromatic heterocycles. The molecule has 0 amide bonds. The molecular formula is C16H14NO2+. The first-order valence-corrected chi connectivity index (χ1v) is 6.37. The minimum Gasteiger partial charge on any atom is -0.449 e. The van der Waals surface area contributed by atoms with Gasteiger partial charge in [0.2, 0.25) is 11.3 Å². The van der Waals surface area contributed by atoms with E-state index in [0.29, 0.717) is 0 Å². The fraction of sp³-hybridized carbons (Fsp3) is 0.188. The van der Waals surface area contributed by atoms with Crippen molar-refractivity contribution in [3.63, 3.8) is 0 Å². The third-order valence-corrected chi connectivity index (χ3v) is 3.41. The summed E-state index contributed by atoms with van der Waals surface area (Å²) in [5, 5.41) is 2.33. The number of ether oxygens (including phenoxy) is 2. The van der Waals surface area contributed by atoms with Gasteiger partial charge in [0.25, 0.3) is 0 Å². The molecule has 0 bridgehead atoms. The van der Waals surface area contributed by atoms with Crippen LogP contribution in [0.25, 0.3) is 16.3 Å². The first kappa shape index (κ1) is 10.6. The Hall–Kier alpha value is -2.29. The van der Waals surface area contributed by atoms with Crippen LogP contribution < -0.4 is 13.9 Å². The fourth-order valence-electron chi connectivity index (χ4n) is 2.62. The third-order valence-electron chi connectivity index (χ3n) is 3.41. The molecule has 0 radical (unpaired) electrons. The SMILES string of the molecule is CC1(C)Oc2cc3cc[n+]4ccccc4c3cc2O1. The van der Waals surface area contributed by atoms with Crippen LogP contribution in [0, 0.1) is 0 Å². The van der Waals surface area contributed by atoms with Crippen molar-refractivity contribution in [3.05, 3.63) is 48.8 Å². The second-order valence-electron chi connectivity index (χ2n) is 5.30. The predicted molar refractivity (Wildman–Crippen MR) is 72.4 cm³/mol. The van der Waals surface area contributed by atoms with Gasteiger partial charge in [-0.15, -0.1) is 0 Å². The van der Waals surface area contributed by atoms with E-state index in [0.717, 1.165) is 22.4 Å². The highest BCUT2D eigenvalue weighted by Gasteiger charge is 2.32. The molecule has 4 rings (SSSR count). The average molecular weight is 252 g/mol. The van der Waals surface area contributed by atoms with Crippen molar-refractivity contribution in [1.82, 2.24) is 0 Å². The van der Waals surface area contributed by atoms with Crippen molar-refractivity contribution in [2.45, 2.75) is 19.6 Å². The van der Waals surface area contributed by atoms with Crippen LogP contribution in [-0.2, 0) is 0 Å². The summed E-state index contributed by atoms with van der Waals surface area (Å²) in [6, 6.07) is 12.4. The maximum atomic E-state index is 5.82. The number of hydrogen-bond donors (Lipinski definition) is 0. The zero-order chi connectivity index (χ0) is 13.0. The average Bonchev–Trinajstić information content (AvgIpc) is 2.69. The van der Waals surface area contributed by atoms with Gasteiger partial charge in [0.15, 0.2) is 23.9 Å². The Labute approximate surface area is 111 Å². The number of hydrogen-bond acceptors (Lipinski definition) is 2. The van der Waals surface area contributed by atoms with E-state index in [-0.39, 0.29) is 0 Å². The normalized spacial score (nSPS) is 16.1. The second kappa shape index (κ2) is 3.38. The molecule has 3 heteroatoms. The van der Waals surface area contributed by atoms with Crippen molar-refractivity contribution in [3.8, 4) is 11.5 Å². The number of pyridine rings is 2. The largest absolute Gasteiger partial charge is 0.449 e. The van der Waals surface area contributed by atoms with E-state index in [4.69, 9.17) is 9.47 Å². The molecule has 0 aliphatic carbocycles. The summed E-state index contributed by atoms with van der Waals surface area (Å²) in [5.74, 6) is 1.05. The molecule has 3 heterocycles. The van der Waals surface area contributed by atoms with Gasteiger partial charge < -0.3 is 9.47 Å². The molecule has 0 spiro atoms. The minimum atomic E-state index is -0.581. The molecule has 0 unspecified atom stereocenters. The highest BCUT2D eigenvalue weighted by molar-refractivity contribution is 5.95.